The van der Waals surface area contributed by atoms with E-state index in [1.165, 1.54) is 7.11 Å². The van der Waals surface area contributed by atoms with Crippen LogP contribution in [-0.4, -0.2) is 28.2 Å². The zero-order chi connectivity index (χ0) is 24.1. The average Bonchev–Trinajstić information content (AvgIpc) is 3.25. The third-order valence-corrected chi connectivity index (χ3v) is 6.54. The summed E-state index contributed by atoms with van der Waals surface area (Å²) in [7, 11) is 1.52. The Labute approximate surface area is 213 Å². The number of fused-ring (bicyclic) bond motifs is 1. The fourth-order valence-corrected chi connectivity index (χ4v) is 4.81. The van der Waals surface area contributed by atoms with Gasteiger partial charge in [-0.15, -0.1) is 0 Å². The number of H-pyrrole nitrogens is 1. The molecule has 0 amide bonds. The van der Waals surface area contributed by atoms with Gasteiger partial charge in [-0.1, -0.05) is 30.3 Å². The second-order valence-corrected chi connectivity index (χ2v) is 9.26. The summed E-state index contributed by atoms with van der Waals surface area (Å²) in [6.45, 7) is 0.202. The minimum Gasteiger partial charge on any atom is -0.493 e. The number of aromatic amines is 1. The van der Waals surface area contributed by atoms with Crippen molar-refractivity contribution < 1.29 is 19.4 Å². The lowest BCUT2D eigenvalue weighted by Crippen LogP contribution is -2.02. The number of aromatic nitrogens is 2. The van der Waals surface area contributed by atoms with Gasteiger partial charge in [-0.2, -0.15) is 5.26 Å². The van der Waals surface area contributed by atoms with Crippen LogP contribution in [0.3, 0.4) is 0 Å². The van der Waals surface area contributed by atoms with E-state index in [1.807, 2.05) is 42.5 Å². The highest BCUT2D eigenvalue weighted by Gasteiger charge is 2.16. The molecule has 2 N–H and O–H groups in total. The van der Waals surface area contributed by atoms with Crippen LogP contribution in [0.2, 0.25) is 0 Å². The number of carboxylic acids is 1. The minimum absolute atomic E-state index is 0.105. The van der Waals surface area contributed by atoms with Gasteiger partial charge in [0.2, 0.25) is 0 Å². The second kappa shape index (κ2) is 10.6. The topological polar surface area (TPSA) is 108 Å². The smallest absolute Gasteiger partial charge is 0.342 e. The van der Waals surface area contributed by atoms with E-state index in [0.717, 1.165) is 31.9 Å². The summed E-state index contributed by atoms with van der Waals surface area (Å²) in [5, 5.41) is 19.5. The van der Waals surface area contributed by atoms with Crippen molar-refractivity contribution in [2.24, 2.45) is 0 Å². The van der Waals surface area contributed by atoms with Crippen molar-refractivity contribution in [3.8, 4) is 17.6 Å². The number of imidazole rings is 1. The number of hydrogen-bond acceptors (Lipinski definition) is 6. The van der Waals surface area contributed by atoms with E-state index in [1.54, 1.807) is 24.3 Å². The molecule has 0 bridgehead atoms. The fourth-order valence-electron chi connectivity index (χ4n) is 3.24. The molecular weight excluding hydrogens is 565 g/mol. The highest BCUT2D eigenvalue weighted by Crippen LogP contribution is 2.36. The van der Waals surface area contributed by atoms with Crippen molar-refractivity contribution in [3.63, 3.8) is 0 Å². The number of rotatable bonds is 8. The average molecular weight is 583 g/mol. The molecule has 0 spiro atoms. The number of carbonyl (C=O) groups is 1. The molecule has 0 aliphatic carbocycles. The van der Waals surface area contributed by atoms with E-state index in [-0.39, 0.29) is 11.5 Å². The number of nitriles is 1. The third-order valence-electron chi connectivity index (χ3n) is 4.84. The van der Waals surface area contributed by atoms with Crippen molar-refractivity contribution in [3.05, 3.63) is 85.8 Å². The minimum atomic E-state index is -1.06. The first-order valence-corrected chi connectivity index (χ1v) is 11.9. The molecule has 34 heavy (non-hydrogen) atoms. The van der Waals surface area contributed by atoms with Crippen molar-refractivity contribution in [2.75, 3.05) is 7.11 Å². The molecule has 7 nitrogen and oxygen atoms in total. The third kappa shape index (κ3) is 5.35. The Balaban J connectivity index is 1.60. The number of hydrogen-bond donors (Lipinski definition) is 2. The van der Waals surface area contributed by atoms with Gasteiger partial charge >= 0.3 is 5.97 Å². The molecule has 4 aromatic rings. The quantitative estimate of drug-likeness (QED) is 0.152. The first-order chi connectivity index (χ1) is 16.5. The molecule has 170 valence electrons. The van der Waals surface area contributed by atoms with Crippen molar-refractivity contribution in [1.29, 1.82) is 5.26 Å². The Kier molecular flexibility index (Phi) is 7.40. The summed E-state index contributed by atoms with van der Waals surface area (Å²) in [5.74, 6) is -0.0752. The fraction of sp³-hybridized carbons (Fsp3) is 0.0800. The van der Waals surface area contributed by atoms with Gasteiger partial charge in [0, 0.05) is 5.56 Å². The maximum absolute atomic E-state index is 11.9. The summed E-state index contributed by atoms with van der Waals surface area (Å²) in [5.41, 5.74) is 3.56. The van der Waals surface area contributed by atoms with Gasteiger partial charge in [0.15, 0.2) is 16.7 Å². The summed E-state index contributed by atoms with van der Waals surface area (Å²) in [4.78, 5) is 19.6. The maximum atomic E-state index is 11.9. The van der Waals surface area contributed by atoms with Gasteiger partial charge in [-0.3, -0.25) is 0 Å². The number of nitrogens with one attached hydrogen (secondary N) is 1. The van der Waals surface area contributed by atoms with Crippen LogP contribution in [0.5, 0.6) is 11.5 Å². The Morgan fingerprint density at radius 1 is 1.24 bits per heavy atom. The highest BCUT2D eigenvalue weighted by molar-refractivity contribution is 14.1. The summed E-state index contributed by atoms with van der Waals surface area (Å²) < 4.78 is 12.2. The molecule has 0 unspecified atom stereocenters. The van der Waals surface area contributed by atoms with Gasteiger partial charge in [0.1, 0.15) is 11.5 Å². The first-order valence-electron chi connectivity index (χ1n) is 10.0. The van der Waals surface area contributed by atoms with Crippen LogP contribution in [0.25, 0.3) is 17.1 Å². The molecule has 0 saturated carbocycles. The van der Waals surface area contributed by atoms with Gasteiger partial charge in [0.05, 0.1) is 33.3 Å². The molecule has 0 aliphatic heterocycles. The van der Waals surface area contributed by atoms with Crippen LogP contribution in [0.1, 0.15) is 16.7 Å². The van der Waals surface area contributed by atoms with E-state index in [2.05, 4.69) is 38.6 Å². The van der Waals surface area contributed by atoms with Crippen molar-refractivity contribution >= 4 is 57.4 Å². The Morgan fingerprint density at radius 3 is 2.74 bits per heavy atom. The highest BCUT2D eigenvalue weighted by atomic mass is 127. The van der Waals surface area contributed by atoms with Gasteiger partial charge in [-0.05, 0) is 76.3 Å². The molecule has 3 aromatic carbocycles. The second-order valence-electron chi connectivity index (χ2n) is 7.07. The molecule has 4 rings (SSSR count). The summed E-state index contributed by atoms with van der Waals surface area (Å²) in [6.07, 6.45) is 1.57. The van der Waals surface area contributed by atoms with Gasteiger partial charge in [0.25, 0.3) is 0 Å². The molecule has 1 aromatic heterocycles. The molecule has 9 heteroatoms. The van der Waals surface area contributed by atoms with Crippen molar-refractivity contribution in [1.82, 2.24) is 9.97 Å². The molecule has 0 saturated heterocycles. The number of methoxy groups -OCH3 is 1. The SMILES string of the molecule is COc1cc(/C=C(\Sc2nc3ccccc3[nH]2)C(=O)O)cc(I)c1OCc1ccccc1C#N. The van der Waals surface area contributed by atoms with Crippen molar-refractivity contribution in [2.45, 2.75) is 11.8 Å². The Hall–Kier alpha value is -3.49. The predicted molar refractivity (Wildman–Crippen MR) is 139 cm³/mol. The number of ether oxygens (including phenoxy) is 2. The van der Waals surface area contributed by atoms with Gasteiger partial charge < -0.3 is 19.6 Å². The Morgan fingerprint density at radius 2 is 2.00 bits per heavy atom. The number of thioether (sulfide) groups is 1. The van der Waals surface area contributed by atoms with Gasteiger partial charge in [-0.25, -0.2) is 9.78 Å². The Bertz CT molecular complexity index is 1410. The normalized spacial score (nSPS) is 11.3. The van der Waals surface area contributed by atoms with Crippen LogP contribution in [0, 0.1) is 14.9 Å². The van der Waals surface area contributed by atoms with Crippen LogP contribution in [0.4, 0.5) is 0 Å². The van der Waals surface area contributed by atoms with E-state index in [0.29, 0.717) is 27.8 Å². The lowest BCUT2D eigenvalue weighted by atomic mass is 10.1. The van der Waals surface area contributed by atoms with E-state index >= 15 is 0 Å². The molecule has 0 aliphatic rings. The summed E-state index contributed by atoms with van der Waals surface area (Å²) >= 11 is 3.16. The van der Waals surface area contributed by atoms with Crippen LogP contribution in [-0.2, 0) is 11.4 Å². The molecule has 1 heterocycles. The van der Waals surface area contributed by atoms with E-state index < -0.39 is 5.97 Å². The number of nitrogens with zero attached hydrogens (tertiary/aromatic N) is 2. The number of benzene rings is 3. The van der Waals surface area contributed by atoms with Crippen LogP contribution in [0.15, 0.2) is 70.7 Å². The summed E-state index contributed by atoms with van der Waals surface area (Å²) in [6, 6.07) is 20.4. The molecule has 0 fully saturated rings. The van der Waals surface area contributed by atoms with Crippen LogP contribution < -0.4 is 9.47 Å². The lowest BCUT2D eigenvalue weighted by Gasteiger charge is -2.14. The van der Waals surface area contributed by atoms with E-state index in [4.69, 9.17) is 9.47 Å². The standard InChI is InChI=1S/C25H18IN3O4S/c1-32-21-11-15(10-18(26)23(21)33-14-17-7-3-2-6-16(17)13-27)12-22(24(30)31)34-25-28-19-8-4-5-9-20(19)29-25/h2-12H,14H2,1H3,(H,28,29)(H,30,31)/b22-12-. The molecule has 0 radical (unpaired) electrons. The zero-order valence-corrected chi connectivity index (χ0v) is 20.9. The number of carboxylic acid groups (broad SMARTS) is 1. The monoisotopic (exact) mass is 583 g/mol. The number of halogens is 1. The van der Waals surface area contributed by atoms with Crippen LogP contribution >= 0.6 is 34.4 Å². The zero-order valence-electron chi connectivity index (χ0n) is 17.9. The first kappa shape index (κ1) is 23.7. The van der Waals surface area contributed by atoms with E-state index in [9.17, 15) is 15.2 Å². The molecular formula is C25H18IN3O4S. The predicted octanol–water partition coefficient (Wildman–Crippen LogP) is 5.84. The maximum Gasteiger partial charge on any atom is 0.342 e. The number of aliphatic carboxylic acids is 1. The largest absolute Gasteiger partial charge is 0.493 e. The molecule has 0 atom stereocenters. The number of para-hydroxylation sites is 2. The lowest BCUT2D eigenvalue weighted by molar-refractivity contribution is -0.131.